The van der Waals surface area contributed by atoms with Crippen LogP contribution in [-0.2, 0) is 4.74 Å². The van der Waals surface area contributed by atoms with Crippen molar-refractivity contribution in [2.45, 2.75) is 63.2 Å². The predicted molar refractivity (Wildman–Crippen MR) is 85.9 cm³/mol. The van der Waals surface area contributed by atoms with Crippen LogP contribution in [-0.4, -0.2) is 18.2 Å². The smallest absolute Gasteiger partial charge is 0.0708 e. The maximum atomic E-state index is 6.35. The van der Waals surface area contributed by atoms with Crippen LogP contribution >= 0.6 is 15.9 Å². The average Bonchev–Trinajstić information content (AvgIpc) is 3.07. The summed E-state index contributed by atoms with van der Waals surface area (Å²) in [6, 6.07) is 8.90. The fraction of sp³-hybridized carbons (Fsp3) is 0.647. The number of hydrogen-bond donors (Lipinski definition) is 1. The first-order chi connectivity index (χ1) is 9.67. The molecule has 2 aliphatic rings. The molecule has 110 valence electrons. The quantitative estimate of drug-likeness (QED) is 0.867. The van der Waals surface area contributed by atoms with E-state index in [-0.39, 0.29) is 5.60 Å². The molecular formula is C17H24BrNO. The van der Waals surface area contributed by atoms with E-state index < -0.39 is 0 Å². The Bertz CT molecular complexity index is 456. The normalized spacial score (nSPS) is 26.2. The third-order valence-corrected chi connectivity index (χ3v) is 5.35. The van der Waals surface area contributed by atoms with Gasteiger partial charge >= 0.3 is 0 Å². The molecule has 0 amide bonds. The van der Waals surface area contributed by atoms with Gasteiger partial charge in [-0.1, -0.05) is 40.9 Å². The highest BCUT2D eigenvalue weighted by Gasteiger charge is 2.41. The van der Waals surface area contributed by atoms with Gasteiger partial charge in [0.05, 0.1) is 11.7 Å². The van der Waals surface area contributed by atoms with Crippen LogP contribution in [0.15, 0.2) is 28.7 Å². The molecule has 2 atom stereocenters. The van der Waals surface area contributed by atoms with Gasteiger partial charge < -0.3 is 10.1 Å². The van der Waals surface area contributed by atoms with Gasteiger partial charge in [0, 0.05) is 17.1 Å². The van der Waals surface area contributed by atoms with E-state index in [1.807, 2.05) is 0 Å². The Hall–Kier alpha value is -0.380. The monoisotopic (exact) mass is 337 g/mol. The van der Waals surface area contributed by atoms with Gasteiger partial charge in [-0.3, -0.25) is 0 Å². The van der Waals surface area contributed by atoms with Crippen LogP contribution in [0.2, 0.25) is 0 Å². The minimum atomic E-state index is 0.255. The van der Waals surface area contributed by atoms with Crippen LogP contribution in [0, 0.1) is 0 Å². The molecule has 3 heteroatoms. The molecule has 1 aromatic rings. The highest BCUT2D eigenvalue weighted by atomic mass is 79.9. The van der Waals surface area contributed by atoms with Crippen molar-refractivity contribution in [3.05, 3.63) is 34.3 Å². The lowest BCUT2D eigenvalue weighted by Gasteiger charge is -2.24. The Balaban J connectivity index is 1.50. The number of nitrogens with one attached hydrogen (secondary N) is 1. The zero-order chi connectivity index (χ0) is 14.0. The predicted octanol–water partition coefficient (Wildman–Crippen LogP) is 4.59. The highest BCUT2D eigenvalue weighted by molar-refractivity contribution is 9.10. The van der Waals surface area contributed by atoms with Gasteiger partial charge in [0.25, 0.3) is 0 Å². The second-order valence-electron chi connectivity index (χ2n) is 6.35. The van der Waals surface area contributed by atoms with Gasteiger partial charge in [-0.05, 0) is 50.3 Å². The van der Waals surface area contributed by atoms with Gasteiger partial charge in [-0.25, -0.2) is 0 Å². The number of benzene rings is 1. The molecule has 0 radical (unpaired) electrons. The third kappa shape index (κ3) is 3.26. The van der Waals surface area contributed by atoms with E-state index in [0.717, 1.165) is 11.0 Å². The molecule has 2 fully saturated rings. The largest absolute Gasteiger partial charge is 0.370 e. The summed E-state index contributed by atoms with van der Waals surface area (Å²) in [6.45, 7) is 3.19. The molecule has 0 bridgehead atoms. The van der Waals surface area contributed by atoms with Crippen LogP contribution in [0.3, 0.4) is 0 Å². The van der Waals surface area contributed by atoms with Gasteiger partial charge in [0.1, 0.15) is 0 Å². The molecule has 1 aliphatic heterocycles. The molecular weight excluding hydrogens is 314 g/mol. The number of ether oxygens (including phenoxy) is 1. The van der Waals surface area contributed by atoms with Gasteiger partial charge in [0.15, 0.2) is 0 Å². The lowest BCUT2D eigenvalue weighted by molar-refractivity contribution is -0.0357. The molecule has 0 aromatic heterocycles. The molecule has 1 N–H and O–H groups in total. The first-order valence-electron chi connectivity index (χ1n) is 7.84. The van der Waals surface area contributed by atoms with Crippen LogP contribution in [0.4, 0.5) is 0 Å². The van der Waals surface area contributed by atoms with Gasteiger partial charge in [0.2, 0.25) is 0 Å². The van der Waals surface area contributed by atoms with Crippen molar-refractivity contribution in [3.8, 4) is 0 Å². The molecule has 2 nitrogen and oxygen atoms in total. The van der Waals surface area contributed by atoms with E-state index in [1.165, 1.54) is 44.1 Å². The summed E-state index contributed by atoms with van der Waals surface area (Å²) < 4.78 is 7.49. The Morgan fingerprint density at radius 2 is 2.15 bits per heavy atom. The maximum absolute atomic E-state index is 6.35. The molecule has 1 aliphatic carbocycles. The van der Waals surface area contributed by atoms with E-state index in [1.54, 1.807) is 0 Å². The number of halogens is 1. The van der Waals surface area contributed by atoms with Crippen LogP contribution < -0.4 is 5.32 Å². The van der Waals surface area contributed by atoms with Crippen molar-refractivity contribution in [3.63, 3.8) is 0 Å². The molecule has 1 saturated heterocycles. The lowest BCUT2D eigenvalue weighted by atomic mass is 9.98. The summed E-state index contributed by atoms with van der Waals surface area (Å²) in [6.07, 6.45) is 8.17. The van der Waals surface area contributed by atoms with Crippen LogP contribution in [0.5, 0.6) is 0 Å². The molecule has 1 heterocycles. The van der Waals surface area contributed by atoms with Crippen molar-refractivity contribution < 1.29 is 4.74 Å². The number of rotatable bonds is 4. The highest BCUT2D eigenvalue weighted by Crippen LogP contribution is 2.43. The maximum Gasteiger partial charge on any atom is 0.0708 e. The Morgan fingerprint density at radius 3 is 2.90 bits per heavy atom. The van der Waals surface area contributed by atoms with Crippen molar-refractivity contribution in [1.82, 2.24) is 5.32 Å². The third-order valence-electron chi connectivity index (χ3n) is 4.85. The first kappa shape index (κ1) is 14.6. The number of hydrogen-bond acceptors (Lipinski definition) is 2. The minimum absolute atomic E-state index is 0.255. The fourth-order valence-corrected chi connectivity index (χ4v) is 4.05. The summed E-state index contributed by atoms with van der Waals surface area (Å²) in [4.78, 5) is 0. The van der Waals surface area contributed by atoms with E-state index >= 15 is 0 Å². The summed E-state index contributed by atoms with van der Waals surface area (Å²) >= 11 is 3.54. The average molecular weight is 338 g/mol. The molecule has 1 saturated carbocycles. The molecule has 3 rings (SSSR count). The second-order valence-corrected chi connectivity index (χ2v) is 7.27. The Morgan fingerprint density at radius 1 is 1.35 bits per heavy atom. The van der Waals surface area contributed by atoms with Gasteiger partial charge in [-0.15, -0.1) is 0 Å². The SMILES string of the molecule is CC(NCC1CCC2(CCCC2)O1)c1cccc(Br)c1. The van der Waals surface area contributed by atoms with Crippen molar-refractivity contribution in [2.75, 3.05) is 6.54 Å². The van der Waals surface area contributed by atoms with E-state index in [2.05, 4.69) is 52.4 Å². The van der Waals surface area contributed by atoms with E-state index in [0.29, 0.717) is 12.1 Å². The first-order valence-corrected chi connectivity index (χ1v) is 8.63. The molecule has 20 heavy (non-hydrogen) atoms. The fourth-order valence-electron chi connectivity index (χ4n) is 3.63. The molecule has 1 aromatic carbocycles. The zero-order valence-corrected chi connectivity index (χ0v) is 13.8. The van der Waals surface area contributed by atoms with Crippen molar-refractivity contribution in [1.29, 1.82) is 0 Å². The summed E-state index contributed by atoms with van der Waals surface area (Å²) in [5.74, 6) is 0. The van der Waals surface area contributed by atoms with Gasteiger partial charge in [-0.2, -0.15) is 0 Å². The molecule has 1 spiro atoms. The summed E-state index contributed by atoms with van der Waals surface area (Å²) in [5, 5.41) is 3.63. The van der Waals surface area contributed by atoms with Crippen molar-refractivity contribution >= 4 is 15.9 Å². The minimum Gasteiger partial charge on any atom is -0.370 e. The van der Waals surface area contributed by atoms with Crippen molar-refractivity contribution in [2.24, 2.45) is 0 Å². The summed E-state index contributed by atoms with van der Waals surface area (Å²) in [7, 11) is 0. The summed E-state index contributed by atoms with van der Waals surface area (Å²) in [5.41, 5.74) is 1.58. The zero-order valence-electron chi connectivity index (χ0n) is 12.2. The van der Waals surface area contributed by atoms with E-state index in [4.69, 9.17) is 4.74 Å². The second kappa shape index (κ2) is 6.17. The van der Waals surface area contributed by atoms with Crippen LogP contribution in [0.25, 0.3) is 0 Å². The Labute approximate surface area is 130 Å². The lowest BCUT2D eigenvalue weighted by Crippen LogP contribution is -2.32. The van der Waals surface area contributed by atoms with E-state index in [9.17, 15) is 0 Å². The standard InChI is InChI=1S/C17H24BrNO/c1-13(14-5-4-6-15(18)11-14)19-12-16-7-10-17(20-16)8-2-3-9-17/h4-6,11,13,16,19H,2-3,7-10,12H2,1H3. The topological polar surface area (TPSA) is 21.3 Å². The molecule has 2 unspecified atom stereocenters. The Kier molecular flexibility index (Phi) is 4.49. The van der Waals surface area contributed by atoms with Crippen LogP contribution in [0.1, 0.15) is 57.1 Å².